The third-order valence-electron chi connectivity index (χ3n) is 7.40. The maximum absolute atomic E-state index is 13.8. The van der Waals surface area contributed by atoms with Crippen LogP contribution >= 0.6 is 0 Å². The van der Waals surface area contributed by atoms with Gasteiger partial charge in [-0.3, -0.25) is 0 Å². The molecule has 2 aliphatic rings. The molecule has 0 spiro atoms. The topological polar surface area (TPSA) is 136 Å². The van der Waals surface area contributed by atoms with Crippen LogP contribution in [0.3, 0.4) is 0 Å². The number of methoxy groups -OCH3 is 1. The zero-order valence-electron chi connectivity index (χ0n) is 24.5. The number of nitrogens with zero attached hydrogens (tertiary/aromatic N) is 1. The van der Waals surface area contributed by atoms with E-state index in [-0.39, 0.29) is 49.1 Å². The molecule has 1 amide bonds. The lowest BCUT2D eigenvalue weighted by Crippen LogP contribution is -2.51. The number of carbonyl (C=O) groups excluding carboxylic acids is 1. The zero-order chi connectivity index (χ0) is 30.1. The minimum absolute atomic E-state index is 0.00333. The Kier molecular flexibility index (Phi) is 11.6. The first-order valence-corrected chi connectivity index (χ1v) is 15.9. The van der Waals surface area contributed by atoms with E-state index in [9.17, 15) is 18.3 Å². The van der Waals surface area contributed by atoms with E-state index in [4.69, 9.17) is 18.9 Å². The number of aliphatic hydroxyl groups is 1. The smallest absolute Gasteiger partial charge is 0.407 e. The normalized spacial score (nSPS) is 21.7. The number of carbonyl (C=O) groups is 1. The Bertz CT molecular complexity index is 1230. The summed E-state index contributed by atoms with van der Waals surface area (Å²) >= 11 is 0. The van der Waals surface area contributed by atoms with Crippen LogP contribution in [0.25, 0.3) is 0 Å². The molecule has 0 bridgehead atoms. The molecule has 1 unspecified atom stereocenters. The van der Waals surface area contributed by atoms with E-state index in [0.29, 0.717) is 19.8 Å². The van der Waals surface area contributed by atoms with Gasteiger partial charge in [0.15, 0.2) is 6.29 Å². The molecule has 42 heavy (non-hydrogen) atoms. The molecule has 2 aromatic rings. The van der Waals surface area contributed by atoms with Crippen LogP contribution in [0.1, 0.15) is 25.8 Å². The largest absolute Gasteiger partial charge is 0.443 e. The van der Waals surface area contributed by atoms with Crippen molar-refractivity contribution >= 4 is 21.8 Å². The lowest BCUT2D eigenvalue weighted by atomic mass is 10.0. The Morgan fingerprint density at radius 3 is 2.52 bits per heavy atom. The molecule has 0 radical (unpaired) electrons. The standard InChI is InChI=1S/C30H43N3O8S/c1-21(2)18-33(42(36,37)24-11-9-23(10-12-24)31-14-16-38-3)19-27(34)26(17-22-7-5-4-6-8-22)32-30(35)41-28-20-40-29-25(28)13-15-39-29/h4-12,21,25-29,31,34H,13-20H2,1-3H3,(H,32,35)/t25-,26-,27?,28-,29+/m0/s1. The summed E-state index contributed by atoms with van der Waals surface area (Å²) in [5, 5.41) is 17.4. The summed E-state index contributed by atoms with van der Waals surface area (Å²) < 4.78 is 50.6. The number of benzene rings is 2. The quantitative estimate of drug-likeness (QED) is 0.262. The predicted octanol–water partition coefficient (Wildman–Crippen LogP) is 2.85. The lowest BCUT2D eigenvalue weighted by Gasteiger charge is -2.31. The molecule has 12 heteroatoms. The SMILES string of the molecule is COCCNc1ccc(S(=O)(=O)N(CC(C)C)CC(O)[C@H](Cc2ccccc2)NC(=O)O[C@H]2CO[C@H]3OCC[C@H]32)cc1. The van der Waals surface area contributed by atoms with Gasteiger partial charge in [0.1, 0.15) is 6.10 Å². The third kappa shape index (κ3) is 8.65. The Balaban J connectivity index is 1.48. The number of sulfonamides is 1. The first-order chi connectivity index (χ1) is 20.2. The Hall–Kier alpha value is -2.74. The monoisotopic (exact) mass is 605 g/mol. The number of alkyl carbamates (subject to hydrolysis) is 1. The molecule has 5 atom stereocenters. The van der Waals surface area contributed by atoms with Gasteiger partial charge in [-0.2, -0.15) is 4.31 Å². The Labute approximate surface area is 248 Å². The molecule has 4 rings (SSSR count). The van der Waals surface area contributed by atoms with E-state index < -0.39 is 34.4 Å². The number of ether oxygens (including phenoxy) is 4. The van der Waals surface area contributed by atoms with Crippen LogP contribution in [0, 0.1) is 11.8 Å². The summed E-state index contributed by atoms with van der Waals surface area (Å²) in [6.07, 6.45) is -1.69. The minimum atomic E-state index is -3.95. The summed E-state index contributed by atoms with van der Waals surface area (Å²) in [5.41, 5.74) is 1.65. The fourth-order valence-electron chi connectivity index (χ4n) is 5.23. The second-order valence-electron chi connectivity index (χ2n) is 11.1. The summed E-state index contributed by atoms with van der Waals surface area (Å²) in [6.45, 7) is 5.73. The maximum Gasteiger partial charge on any atom is 0.407 e. The van der Waals surface area contributed by atoms with Crippen LogP contribution in [0.2, 0.25) is 0 Å². The first-order valence-electron chi connectivity index (χ1n) is 14.4. The highest BCUT2D eigenvalue weighted by atomic mass is 32.2. The fourth-order valence-corrected chi connectivity index (χ4v) is 6.85. The van der Waals surface area contributed by atoms with Crippen molar-refractivity contribution in [3.63, 3.8) is 0 Å². The highest BCUT2D eigenvalue weighted by Crippen LogP contribution is 2.33. The minimum Gasteiger partial charge on any atom is -0.443 e. The van der Waals surface area contributed by atoms with Crippen LogP contribution in [0.15, 0.2) is 59.5 Å². The number of hydrogen-bond donors (Lipinski definition) is 3. The van der Waals surface area contributed by atoms with Gasteiger partial charge >= 0.3 is 6.09 Å². The van der Waals surface area contributed by atoms with E-state index in [1.54, 1.807) is 31.4 Å². The third-order valence-corrected chi connectivity index (χ3v) is 9.24. The van der Waals surface area contributed by atoms with Crippen LogP contribution in [-0.2, 0) is 35.4 Å². The van der Waals surface area contributed by atoms with E-state index in [1.165, 1.54) is 4.31 Å². The van der Waals surface area contributed by atoms with Crippen molar-refractivity contribution in [2.24, 2.45) is 11.8 Å². The molecule has 2 aliphatic heterocycles. The van der Waals surface area contributed by atoms with Crippen molar-refractivity contribution in [3.8, 4) is 0 Å². The number of hydrogen-bond acceptors (Lipinski definition) is 9. The molecule has 2 aromatic carbocycles. The van der Waals surface area contributed by atoms with Crippen molar-refractivity contribution < 1.29 is 37.3 Å². The number of anilines is 1. The number of nitrogens with one attached hydrogen (secondary N) is 2. The number of amides is 1. The molecule has 0 saturated carbocycles. The van der Waals surface area contributed by atoms with E-state index >= 15 is 0 Å². The second-order valence-corrected chi connectivity index (χ2v) is 13.1. The molecule has 11 nitrogen and oxygen atoms in total. The zero-order valence-corrected chi connectivity index (χ0v) is 25.3. The van der Waals surface area contributed by atoms with Crippen LogP contribution in [0.5, 0.6) is 0 Å². The molecule has 0 aromatic heterocycles. The first kappa shape index (κ1) is 32.2. The summed E-state index contributed by atoms with van der Waals surface area (Å²) in [6, 6.07) is 15.1. The molecule has 2 heterocycles. The van der Waals surface area contributed by atoms with Gasteiger partial charge in [-0.25, -0.2) is 13.2 Å². The van der Waals surface area contributed by atoms with Gasteiger partial charge in [-0.15, -0.1) is 0 Å². The molecule has 232 valence electrons. The number of rotatable bonds is 15. The number of aliphatic hydroxyl groups excluding tert-OH is 1. The Morgan fingerprint density at radius 1 is 1.10 bits per heavy atom. The number of fused-ring (bicyclic) bond motifs is 1. The van der Waals surface area contributed by atoms with Gasteiger partial charge in [-0.05, 0) is 48.6 Å². The van der Waals surface area contributed by atoms with Gasteiger partial charge < -0.3 is 34.7 Å². The molecule has 2 fully saturated rings. The molecular formula is C30H43N3O8S. The van der Waals surface area contributed by atoms with Gasteiger partial charge in [0.05, 0.1) is 42.8 Å². The average Bonchev–Trinajstić information content (AvgIpc) is 3.58. The van der Waals surface area contributed by atoms with Gasteiger partial charge in [0, 0.05) is 32.4 Å². The molecular weight excluding hydrogens is 562 g/mol. The highest BCUT2D eigenvalue weighted by molar-refractivity contribution is 7.89. The Morgan fingerprint density at radius 2 is 1.83 bits per heavy atom. The molecule has 3 N–H and O–H groups in total. The van der Waals surface area contributed by atoms with Crippen LogP contribution < -0.4 is 10.6 Å². The summed E-state index contributed by atoms with van der Waals surface area (Å²) in [4.78, 5) is 13.1. The van der Waals surface area contributed by atoms with Crippen LogP contribution in [-0.4, -0.2) is 95.0 Å². The van der Waals surface area contributed by atoms with Crippen molar-refractivity contribution in [1.82, 2.24) is 9.62 Å². The van der Waals surface area contributed by atoms with Crippen molar-refractivity contribution in [2.45, 2.75) is 56.1 Å². The molecule has 0 aliphatic carbocycles. The van der Waals surface area contributed by atoms with Crippen molar-refractivity contribution in [1.29, 1.82) is 0 Å². The van der Waals surface area contributed by atoms with Crippen molar-refractivity contribution in [3.05, 3.63) is 60.2 Å². The van der Waals surface area contributed by atoms with Gasteiger partial charge in [0.25, 0.3) is 0 Å². The van der Waals surface area contributed by atoms with Crippen LogP contribution in [0.4, 0.5) is 10.5 Å². The maximum atomic E-state index is 13.8. The lowest BCUT2D eigenvalue weighted by molar-refractivity contribution is -0.0907. The van der Waals surface area contributed by atoms with Crippen molar-refractivity contribution in [2.75, 3.05) is 51.9 Å². The van der Waals surface area contributed by atoms with E-state index in [2.05, 4.69) is 10.6 Å². The fraction of sp³-hybridized carbons (Fsp3) is 0.567. The summed E-state index contributed by atoms with van der Waals surface area (Å²) in [7, 11) is -2.34. The second kappa shape index (κ2) is 15.1. The average molecular weight is 606 g/mol. The summed E-state index contributed by atoms with van der Waals surface area (Å²) in [5.74, 6) is -0.0297. The van der Waals surface area contributed by atoms with E-state index in [1.807, 2.05) is 44.2 Å². The highest BCUT2D eigenvalue weighted by Gasteiger charge is 2.44. The van der Waals surface area contributed by atoms with Gasteiger partial charge in [0.2, 0.25) is 10.0 Å². The van der Waals surface area contributed by atoms with Gasteiger partial charge in [-0.1, -0.05) is 44.2 Å². The predicted molar refractivity (Wildman–Crippen MR) is 158 cm³/mol. The molecule has 2 saturated heterocycles. The van der Waals surface area contributed by atoms with E-state index in [0.717, 1.165) is 17.7 Å².